The van der Waals surface area contributed by atoms with Crippen molar-refractivity contribution in [2.75, 3.05) is 6.61 Å². The van der Waals surface area contributed by atoms with Crippen LogP contribution in [0.25, 0.3) is 0 Å². The number of aryl methyl sites for hydroxylation is 1. The van der Waals surface area contributed by atoms with E-state index in [1.807, 2.05) is 38.1 Å². The maximum atomic E-state index is 13.8. The monoisotopic (exact) mass is 434 g/mol. The summed E-state index contributed by atoms with van der Waals surface area (Å²) in [5.41, 5.74) is 0.772. The molecule has 1 aliphatic heterocycles. The zero-order valence-electron chi connectivity index (χ0n) is 18.4. The Labute approximate surface area is 186 Å². The van der Waals surface area contributed by atoms with Crippen molar-refractivity contribution in [2.45, 2.75) is 51.4 Å². The normalized spacial score (nSPS) is 32.6. The standard InChI is InChI=1S/C26H26O6/c1-15-9-10-18-19(13-15)21(31-24(29)17-7-5-4-6-8-17)22-25(3,23(18)28)12-11-20-26(22,14-30-20)32-16(2)27/h4-10,13,20-22H,11-12,14H2,1-3H3/t20-,21-,22+,25+,26+/m0/s1. The lowest BCUT2D eigenvalue weighted by Gasteiger charge is -2.62. The molecular weight excluding hydrogens is 408 g/mol. The first-order valence-electron chi connectivity index (χ1n) is 11.0. The number of ketones is 1. The first-order valence-corrected chi connectivity index (χ1v) is 11.0. The molecule has 0 N–H and O–H groups in total. The lowest BCUT2D eigenvalue weighted by molar-refractivity contribution is -0.314. The molecule has 2 aromatic carbocycles. The van der Waals surface area contributed by atoms with Gasteiger partial charge in [-0.05, 0) is 31.9 Å². The van der Waals surface area contributed by atoms with Crippen LogP contribution in [0.2, 0.25) is 0 Å². The number of hydrogen-bond acceptors (Lipinski definition) is 6. The van der Waals surface area contributed by atoms with E-state index in [9.17, 15) is 14.4 Å². The predicted octanol–water partition coefficient (Wildman–Crippen LogP) is 4.21. The molecule has 5 rings (SSSR count). The molecule has 0 radical (unpaired) electrons. The number of hydrogen-bond donors (Lipinski definition) is 0. The third-order valence-electron chi connectivity index (χ3n) is 7.35. The van der Waals surface area contributed by atoms with Crippen LogP contribution < -0.4 is 0 Å². The Morgan fingerprint density at radius 3 is 2.53 bits per heavy atom. The summed E-state index contributed by atoms with van der Waals surface area (Å²) in [7, 11) is 0. The van der Waals surface area contributed by atoms with Gasteiger partial charge in [-0.15, -0.1) is 0 Å². The van der Waals surface area contributed by atoms with E-state index in [1.165, 1.54) is 6.92 Å². The number of esters is 2. The molecule has 32 heavy (non-hydrogen) atoms. The highest BCUT2D eigenvalue weighted by Crippen LogP contribution is 2.62. The Bertz CT molecular complexity index is 1110. The average Bonchev–Trinajstić information content (AvgIpc) is 2.75. The van der Waals surface area contributed by atoms with Gasteiger partial charge in [0.15, 0.2) is 11.4 Å². The topological polar surface area (TPSA) is 78.9 Å². The van der Waals surface area contributed by atoms with E-state index in [2.05, 4.69) is 0 Å². The van der Waals surface area contributed by atoms with Gasteiger partial charge in [0, 0.05) is 23.5 Å². The number of carbonyl (C=O) groups is 3. The zero-order chi connectivity index (χ0) is 22.7. The summed E-state index contributed by atoms with van der Waals surface area (Å²) < 4.78 is 17.9. The van der Waals surface area contributed by atoms with E-state index in [-0.39, 0.29) is 18.5 Å². The van der Waals surface area contributed by atoms with Gasteiger partial charge < -0.3 is 14.2 Å². The molecule has 0 bridgehead atoms. The molecule has 0 aromatic heterocycles. The molecule has 6 nitrogen and oxygen atoms in total. The van der Waals surface area contributed by atoms with Crippen LogP contribution in [-0.4, -0.2) is 36.0 Å². The summed E-state index contributed by atoms with van der Waals surface area (Å²) in [4.78, 5) is 39.1. The lowest BCUT2D eigenvalue weighted by Crippen LogP contribution is -2.73. The number of fused-ring (bicyclic) bond motifs is 4. The van der Waals surface area contributed by atoms with E-state index in [0.717, 1.165) is 5.56 Å². The molecule has 0 amide bonds. The molecule has 0 unspecified atom stereocenters. The van der Waals surface area contributed by atoms with Gasteiger partial charge in [0.05, 0.1) is 18.1 Å². The fourth-order valence-corrected chi connectivity index (χ4v) is 5.88. The Balaban J connectivity index is 1.67. The fraction of sp³-hybridized carbons (Fsp3) is 0.423. The third-order valence-corrected chi connectivity index (χ3v) is 7.35. The molecule has 1 heterocycles. The quantitative estimate of drug-likeness (QED) is 0.674. The molecule has 2 fully saturated rings. The van der Waals surface area contributed by atoms with E-state index in [1.54, 1.807) is 24.3 Å². The van der Waals surface area contributed by atoms with Crippen LogP contribution >= 0.6 is 0 Å². The van der Waals surface area contributed by atoms with Gasteiger partial charge in [0.25, 0.3) is 0 Å². The third kappa shape index (κ3) is 2.93. The maximum Gasteiger partial charge on any atom is 0.338 e. The van der Waals surface area contributed by atoms with E-state index in [4.69, 9.17) is 14.2 Å². The van der Waals surface area contributed by atoms with Crippen molar-refractivity contribution < 1.29 is 28.6 Å². The Morgan fingerprint density at radius 2 is 1.88 bits per heavy atom. The number of rotatable bonds is 3. The largest absolute Gasteiger partial charge is 0.453 e. The minimum atomic E-state index is -1.00. The molecular formula is C26H26O6. The summed E-state index contributed by atoms with van der Waals surface area (Å²) in [6.07, 6.45) is 0.108. The summed E-state index contributed by atoms with van der Waals surface area (Å²) in [6, 6.07) is 14.4. The molecule has 1 saturated heterocycles. The molecule has 2 aromatic rings. The Kier molecular flexibility index (Phi) is 4.75. The van der Waals surface area contributed by atoms with Gasteiger partial charge in [0.2, 0.25) is 0 Å². The van der Waals surface area contributed by atoms with Crippen LogP contribution in [0.3, 0.4) is 0 Å². The second-order valence-corrected chi connectivity index (χ2v) is 9.39. The van der Waals surface area contributed by atoms with Crippen molar-refractivity contribution in [1.29, 1.82) is 0 Å². The SMILES string of the molecule is CC(=O)O[C@]12CO[C@H]1CC[C@@]1(C)C(=O)c3ccc(C)cc3[C@H](OC(=O)c3ccccc3)[C@@H]21. The highest BCUT2D eigenvalue weighted by atomic mass is 16.6. The van der Waals surface area contributed by atoms with Gasteiger partial charge in [-0.1, -0.05) is 48.9 Å². The van der Waals surface area contributed by atoms with Crippen LogP contribution in [0.5, 0.6) is 0 Å². The van der Waals surface area contributed by atoms with E-state index in [0.29, 0.717) is 29.5 Å². The van der Waals surface area contributed by atoms with Crippen LogP contribution in [0, 0.1) is 18.3 Å². The summed E-state index contributed by atoms with van der Waals surface area (Å²) >= 11 is 0. The highest BCUT2D eigenvalue weighted by Gasteiger charge is 2.71. The minimum Gasteiger partial charge on any atom is -0.453 e. The summed E-state index contributed by atoms with van der Waals surface area (Å²) in [6.45, 7) is 5.40. The van der Waals surface area contributed by atoms with Gasteiger partial charge in [-0.25, -0.2) is 4.79 Å². The summed E-state index contributed by atoms with van der Waals surface area (Å²) in [5.74, 6) is -1.44. The lowest BCUT2D eigenvalue weighted by atomic mass is 9.50. The minimum absolute atomic E-state index is 0.00128. The first kappa shape index (κ1) is 20.9. The molecule has 3 aliphatic rings. The van der Waals surface area contributed by atoms with Crippen molar-refractivity contribution in [1.82, 2.24) is 0 Å². The van der Waals surface area contributed by atoms with Crippen LogP contribution in [-0.2, 0) is 19.0 Å². The van der Waals surface area contributed by atoms with Crippen molar-refractivity contribution in [3.63, 3.8) is 0 Å². The molecule has 1 saturated carbocycles. The molecule has 166 valence electrons. The second kappa shape index (κ2) is 7.27. The predicted molar refractivity (Wildman–Crippen MR) is 115 cm³/mol. The number of ether oxygens (including phenoxy) is 3. The second-order valence-electron chi connectivity index (χ2n) is 9.39. The van der Waals surface area contributed by atoms with Crippen LogP contribution in [0.15, 0.2) is 48.5 Å². The van der Waals surface area contributed by atoms with Crippen molar-refractivity contribution in [3.05, 3.63) is 70.8 Å². The number of benzene rings is 2. The fourth-order valence-electron chi connectivity index (χ4n) is 5.88. The van der Waals surface area contributed by atoms with E-state index < -0.39 is 35.0 Å². The molecule has 5 atom stereocenters. The van der Waals surface area contributed by atoms with Gasteiger partial charge in [-0.3, -0.25) is 9.59 Å². The Hall–Kier alpha value is -2.99. The number of Topliss-reactive ketones (excluding diaryl/α,β-unsaturated/α-hetero) is 1. The highest BCUT2D eigenvalue weighted by molar-refractivity contribution is 6.04. The molecule has 2 aliphatic carbocycles. The maximum absolute atomic E-state index is 13.8. The van der Waals surface area contributed by atoms with Crippen LogP contribution in [0.1, 0.15) is 64.6 Å². The van der Waals surface area contributed by atoms with Crippen molar-refractivity contribution in [3.8, 4) is 0 Å². The molecule has 0 spiro atoms. The van der Waals surface area contributed by atoms with Gasteiger partial charge in [0.1, 0.15) is 12.2 Å². The number of carbonyl (C=O) groups excluding carboxylic acids is 3. The first-order chi connectivity index (χ1) is 15.3. The van der Waals surface area contributed by atoms with Gasteiger partial charge >= 0.3 is 11.9 Å². The Morgan fingerprint density at radius 1 is 1.12 bits per heavy atom. The van der Waals surface area contributed by atoms with Gasteiger partial charge in [-0.2, -0.15) is 0 Å². The molecule has 6 heteroatoms. The van der Waals surface area contributed by atoms with Crippen LogP contribution in [0.4, 0.5) is 0 Å². The van der Waals surface area contributed by atoms with Crippen molar-refractivity contribution in [2.24, 2.45) is 11.3 Å². The van der Waals surface area contributed by atoms with E-state index >= 15 is 0 Å². The zero-order valence-corrected chi connectivity index (χ0v) is 18.4. The smallest absolute Gasteiger partial charge is 0.338 e. The average molecular weight is 434 g/mol. The van der Waals surface area contributed by atoms with Crippen molar-refractivity contribution >= 4 is 17.7 Å². The summed E-state index contributed by atoms with van der Waals surface area (Å²) in [5, 5.41) is 0.